The molecule has 6 nitrogen and oxygen atoms in total. The molecule has 0 N–H and O–H groups in total. The minimum atomic E-state index is -3.87. The van der Waals surface area contributed by atoms with Crippen molar-refractivity contribution in [2.24, 2.45) is 0 Å². The van der Waals surface area contributed by atoms with Crippen molar-refractivity contribution < 1.29 is 23.1 Å². The zero-order chi connectivity index (χ0) is 29.2. The molecule has 0 amide bonds. The lowest BCUT2D eigenvalue weighted by Crippen LogP contribution is -2.21. The Bertz CT molecular complexity index is 1470. The second-order valence-electron chi connectivity index (χ2n) is 9.12. The second-order valence-corrected chi connectivity index (χ2v) is 11.0. The number of rotatable bonds is 12. The van der Waals surface area contributed by atoms with E-state index in [4.69, 9.17) is 18.5 Å². The third-order valence-corrected chi connectivity index (χ3v) is 8.46. The van der Waals surface area contributed by atoms with E-state index in [9.17, 15) is 4.57 Å². The van der Waals surface area contributed by atoms with Crippen molar-refractivity contribution in [3.05, 3.63) is 131 Å². The van der Waals surface area contributed by atoms with Crippen LogP contribution in [0.3, 0.4) is 0 Å². The molecule has 0 unspecified atom stereocenters. The fourth-order valence-electron chi connectivity index (χ4n) is 4.35. The highest BCUT2D eigenvalue weighted by Gasteiger charge is 2.37. The van der Waals surface area contributed by atoms with Gasteiger partial charge in [0, 0.05) is 11.1 Å². The molecule has 0 aliphatic carbocycles. The average Bonchev–Trinajstić information content (AvgIpc) is 3.01. The lowest BCUT2D eigenvalue weighted by molar-refractivity contribution is 0.220. The van der Waals surface area contributed by atoms with Crippen molar-refractivity contribution in [2.75, 3.05) is 32.1 Å². The Kier molecular flexibility index (Phi) is 10.2. The van der Waals surface area contributed by atoms with Gasteiger partial charge < -0.3 is 9.47 Å². The van der Waals surface area contributed by atoms with Crippen LogP contribution in [0, 0.1) is 6.92 Å². The predicted octanol–water partition coefficient (Wildman–Crippen LogP) is 8.77. The van der Waals surface area contributed by atoms with Gasteiger partial charge in [-0.2, -0.15) is 0 Å². The van der Waals surface area contributed by atoms with Crippen LogP contribution < -0.4 is 14.1 Å². The van der Waals surface area contributed by atoms with E-state index in [1.165, 1.54) is 0 Å². The quantitative estimate of drug-likeness (QED) is 0.126. The Morgan fingerprint density at radius 3 is 1.61 bits per heavy atom. The molecule has 0 aromatic heterocycles. The van der Waals surface area contributed by atoms with Crippen molar-refractivity contribution in [1.29, 1.82) is 0 Å². The zero-order valence-electron chi connectivity index (χ0n) is 24.2. The van der Waals surface area contributed by atoms with Gasteiger partial charge in [0.2, 0.25) is 0 Å². The Labute approximate surface area is 243 Å². The molecule has 0 fully saturated rings. The maximum atomic E-state index is 14.6. The monoisotopic (exact) mass is 569 g/mol. The van der Waals surface area contributed by atoms with Crippen molar-refractivity contribution >= 4 is 24.7 Å². The van der Waals surface area contributed by atoms with Gasteiger partial charge in [-0.25, -0.2) is 9.24 Å². The normalized spacial score (nSPS) is 11.0. The summed E-state index contributed by atoms with van der Waals surface area (Å²) >= 11 is 0. The number of nitrogens with zero attached hydrogens (tertiary/aromatic N) is 1. The smallest absolute Gasteiger partial charge is 0.440 e. The van der Waals surface area contributed by atoms with E-state index in [-0.39, 0.29) is 13.2 Å². The Balaban J connectivity index is 2.13. The summed E-state index contributed by atoms with van der Waals surface area (Å²) in [6, 6.07) is 33.1. The van der Waals surface area contributed by atoms with Crippen LogP contribution in [-0.4, -0.2) is 27.4 Å². The highest BCUT2D eigenvalue weighted by atomic mass is 31.2. The first kappa shape index (κ1) is 29.9. The summed E-state index contributed by atoms with van der Waals surface area (Å²) in [7, 11) is -0.592. The van der Waals surface area contributed by atoms with Crippen LogP contribution in [-0.2, 0) is 13.6 Å². The number of hydrogen-bond acceptors (Lipinski definition) is 5. The summed E-state index contributed by atoms with van der Waals surface area (Å²) in [5.41, 5.74) is 9.32. The molecule has 0 atom stereocenters. The van der Waals surface area contributed by atoms with Crippen LogP contribution in [0.15, 0.2) is 109 Å². The number of hydrogen-bond donors (Lipinski definition) is 0. The van der Waals surface area contributed by atoms with Gasteiger partial charge in [0.05, 0.1) is 33.1 Å². The number of ether oxygens (including phenoxy) is 2. The minimum Gasteiger partial charge on any atom is -0.497 e. The van der Waals surface area contributed by atoms with Gasteiger partial charge in [-0.15, -0.1) is 0 Å². The fraction of sp³-hybridized carbons (Fsp3) is 0.206. The van der Waals surface area contributed by atoms with Gasteiger partial charge in [-0.05, 0) is 68.3 Å². The Morgan fingerprint density at radius 1 is 0.683 bits per heavy atom. The van der Waals surface area contributed by atoms with E-state index in [1.807, 2.05) is 110 Å². The van der Waals surface area contributed by atoms with Crippen molar-refractivity contribution in [3.63, 3.8) is 0 Å². The highest BCUT2D eigenvalue weighted by Crippen LogP contribution is 2.57. The molecule has 0 heterocycles. The molecule has 0 bridgehead atoms. The van der Waals surface area contributed by atoms with E-state index < -0.39 is 7.75 Å². The van der Waals surface area contributed by atoms with Crippen molar-refractivity contribution in [2.45, 2.75) is 20.8 Å². The second kappa shape index (κ2) is 14.0. The molecule has 4 aromatic rings. The molecular formula is C34H36NO5P. The van der Waals surface area contributed by atoms with Gasteiger partial charge in [0.15, 0.2) is 0 Å². The Hall–Kier alpha value is -4.05. The molecule has 0 aliphatic rings. The van der Waals surface area contributed by atoms with E-state index in [1.54, 1.807) is 32.7 Å². The summed E-state index contributed by atoms with van der Waals surface area (Å²) in [6.45, 7) is 6.03. The van der Waals surface area contributed by atoms with Gasteiger partial charge >= 0.3 is 7.75 Å². The van der Waals surface area contributed by atoms with Crippen LogP contribution in [0.25, 0.3) is 11.3 Å². The third-order valence-electron chi connectivity index (χ3n) is 6.37. The SMILES string of the molecule is CCOP(=O)(OCC)N(C(=C=C(c1ccc(OC)cc1)c1ccc(OC)cc1)c1ccccc1)c1ccc(C)cc1. The maximum Gasteiger partial charge on any atom is 0.440 e. The molecule has 7 heteroatoms. The molecule has 0 spiro atoms. The summed E-state index contributed by atoms with van der Waals surface area (Å²) in [5.74, 6) is 1.49. The van der Waals surface area contributed by atoms with Gasteiger partial charge in [0.25, 0.3) is 0 Å². The van der Waals surface area contributed by atoms with Crippen molar-refractivity contribution in [1.82, 2.24) is 0 Å². The molecule has 0 aliphatic heterocycles. The minimum absolute atomic E-state index is 0.204. The van der Waals surface area contributed by atoms with Gasteiger partial charge in [-0.3, -0.25) is 9.05 Å². The summed E-state index contributed by atoms with van der Waals surface area (Å²) in [4.78, 5) is 0. The standard InChI is InChI=1S/C34H36NO5P/c1-6-39-41(36,40-7-2)35(30-19-13-26(3)14-20-30)34(29-11-9-8-10-12-29)25-33(27-15-21-31(37-4)22-16-27)28-17-23-32(38-5)24-18-28/h8-24H,6-7H2,1-5H3. The molecule has 4 rings (SSSR count). The topological polar surface area (TPSA) is 57.2 Å². The van der Waals surface area contributed by atoms with E-state index >= 15 is 0 Å². The fourth-order valence-corrected chi connectivity index (χ4v) is 6.13. The zero-order valence-corrected chi connectivity index (χ0v) is 25.1. The number of methoxy groups -OCH3 is 2. The van der Waals surface area contributed by atoms with E-state index in [0.717, 1.165) is 39.3 Å². The Morgan fingerprint density at radius 2 is 1.17 bits per heavy atom. The molecular weight excluding hydrogens is 533 g/mol. The first-order chi connectivity index (χ1) is 19.9. The largest absolute Gasteiger partial charge is 0.497 e. The van der Waals surface area contributed by atoms with E-state index in [2.05, 4.69) is 5.73 Å². The van der Waals surface area contributed by atoms with Crippen molar-refractivity contribution in [3.8, 4) is 11.5 Å². The lowest BCUT2D eigenvalue weighted by atomic mass is 9.97. The summed E-state index contributed by atoms with van der Waals surface area (Å²) in [6.07, 6.45) is 0. The van der Waals surface area contributed by atoms with Gasteiger partial charge in [-0.1, -0.05) is 78.0 Å². The van der Waals surface area contributed by atoms with Crippen LogP contribution >= 0.6 is 7.75 Å². The third kappa shape index (κ3) is 7.18. The summed E-state index contributed by atoms with van der Waals surface area (Å²) < 4.78 is 38.9. The summed E-state index contributed by atoms with van der Waals surface area (Å²) in [5, 5.41) is 0. The average molecular weight is 570 g/mol. The first-order valence-corrected chi connectivity index (χ1v) is 15.0. The van der Waals surface area contributed by atoms with Gasteiger partial charge in [0.1, 0.15) is 17.2 Å². The molecule has 4 aromatic carbocycles. The molecule has 0 radical (unpaired) electrons. The molecule has 41 heavy (non-hydrogen) atoms. The molecule has 212 valence electrons. The number of anilines is 1. The lowest BCUT2D eigenvalue weighted by Gasteiger charge is -2.32. The van der Waals surface area contributed by atoms with Crippen LogP contribution in [0.4, 0.5) is 5.69 Å². The maximum absolute atomic E-state index is 14.6. The van der Waals surface area contributed by atoms with E-state index in [0.29, 0.717) is 11.4 Å². The predicted molar refractivity (Wildman–Crippen MR) is 166 cm³/mol. The number of benzene rings is 4. The van der Waals surface area contributed by atoms with Crippen LogP contribution in [0.2, 0.25) is 0 Å². The van der Waals surface area contributed by atoms with Crippen LogP contribution in [0.5, 0.6) is 11.5 Å². The molecule has 0 saturated carbocycles. The van der Waals surface area contributed by atoms with Crippen LogP contribution in [0.1, 0.15) is 36.1 Å². The first-order valence-electron chi connectivity index (χ1n) is 13.5. The highest BCUT2D eigenvalue weighted by molar-refractivity contribution is 7.56. The molecule has 0 saturated heterocycles. The number of aryl methyl sites for hydroxylation is 1.